The van der Waals surface area contributed by atoms with Gasteiger partial charge in [-0.15, -0.1) is 11.8 Å². The average molecular weight is 230 g/mol. The first-order chi connectivity index (χ1) is 6.77. The Hall–Kier alpha value is -0.610. The summed E-state index contributed by atoms with van der Waals surface area (Å²) in [7, 11) is 0. The molecule has 0 aliphatic carbocycles. The van der Waals surface area contributed by atoms with E-state index in [0.717, 1.165) is 5.08 Å². The summed E-state index contributed by atoms with van der Waals surface area (Å²) >= 11 is 3.07. The standard InChI is InChI=1S/C6H6.C4H8O2S2/c1-2-4-6-5-3-1;1-7-3-8-2-4(5)6/h1-6H;2-3H2,1H3,(H,5,6). The lowest BCUT2D eigenvalue weighted by Crippen LogP contribution is -1.97. The Bertz CT molecular complexity index is 200. The SMILES string of the molecule is CSCSCC(=O)O.c1ccccc1. The number of benzene rings is 1. The van der Waals surface area contributed by atoms with Crippen molar-refractivity contribution in [2.75, 3.05) is 17.1 Å². The second kappa shape index (κ2) is 10.5. The van der Waals surface area contributed by atoms with Crippen LogP contribution >= 0.6 is 23.5 Å². The van der Waals surface area contributed by atoms with E-state index in [9.17, 15) is 4.79 Å². The van der Waals surface area contributed by atoms with Gasteiger partial charge in [0.05, 0.1) is 5.75 Å². The van der Waals surface area contributed by atoms with Crippen LogP contribution in [0.2, 0.25) is 0 Å². The minimum absolute atomic E-state index is 0.223. The first kappa shape index (κ1) is 13.4. The van der Waals surface area contributed by atoms with E-state index in [1.165, 1.54) is 11.8 Å². The van der Waals surface area contributed by atoms with Gasteiger partial charge in [-0.2, -0.15) is 11.8 Å². The first-order valence-electron chi connectivity index (χ1n) is 4.06. The Morgan fingerprint density at radius 2 is 1.57 bits per heavy atom. The topological polar surface area (TPSA) is 37.3 Å². The van der Waals surface area contributed by atoms with Crippen LogP contribution in [0.4, 0.5) is 0 Å². The quantitative estimate of drug-likeness (QED) is 0.637. The molecule has 0 atom stereocenters. The van der Waals surface area contributed by atoms with Gasteiger partial charge in [-0.1, -0.05) is 36.4 Å². The lowest BCUT2D eigenvalue weighted by atomic mass is 10.4. The van der Waals surface area contributed by atoms with Crippen LogP contribution in [-0.2, 0) is 4.79 Å². The predicted molar refractivity (Wildman–Crippen MR) is 64.9 cm³/mol. The number of aliphatic carboxylic acids is 1. The molecule has 0 spiro atoms. The first-order valence-corrected chi connectivity index (χ1v) is 6.60. The minimum atomic E-state index is -0.732. The van der Waals surface area contributed by atoms with E-state index in [0.29, 0.717) is 0 Å². The molecule has 0 radical (unpaired) electrons. The summed E-state index contributed by atoms with van der Waals surface area (Å²) in [6.07, 6.45) is 1.95. The van der Waals surface area contributed by atoms with Crippen molar-refractivity contribution in [1.82, 2.24) is 0 Å². The molecule has 1 rings (SSSR count). The highest BCUT2D eigenvalue weighted by atomic mass is 32.2. The van der Waals surface area contributed by atoms with Crippen LogP contribution in [0.1, 0.15) is 0 Å². The number of thioether (sulfide) groups is 2. The number of hydrogen-bond donors (Lipinski definition) is 1. The Balaban J connectivity index is 0.000000249. The van der Waals surface area contributed by atoms with Crippen LogP contribution in [0.25, 0.3) is 0 Å². The summed E-state index contributed by atoms with van der Waals surface area (Å²) in [5, 5.41) is 8.98. The molecule has 1 N–H and O–H groups in total. The van der Waals surface area contributed by atoms with Gasteiger partial charge in [0.25, 0.3) is 0 Å². The number of carboxylic acids is 1. The second-order valence-corrected chi connectivity index (χ2v) is 4.52. The zero-order valence-corrected chi connectivity index (χ0v) is 9.68. The molecule has 14 heavy (non-hydrogen) atoms. The Kier molecular flexibility index (Phi) is 10.0. The summed E-state index contributed by atoms with van der Waals surface area (Å²) in [6, 6.07) is 12.0. The van der Waals surface area contributed by atoms with Gasteiger partial charge in [0.1, 0.15) is 0 Å². The number of carbonyl (C=O) groups is 1. The Morgan fingerprint density at radius 3 is 1.86 bits per heavy atom. The molecule has 2 nitrogen and oxygen atoms in total. The van der Waals surface area contributed by atoms with Crippen molar-refractivity contribution in [3.05, 3.63) is 36.4 Å². The fourth-order valence-electron chi connectivity index (χ4n) is 0.597. The number of carboxylic acid groups (broad SMARTS) is 1. The van der Waals surface area contributed by atoms with Crippen molar-refractivity contribution in [2.45, 2.75) is 0 Å². The van der Waals surface area contributed by atoms with E-state index < -0.39 is 5.97 Å². The zero-order chi connectivity index (χ0) is 10.6. The van der Waals surface area contributed by atoms with E-state index in [-0.39, 0.29) is 5.75 Å². The van der Waals surface area contributed by atoms with Gasteiger partial charge >= 0.3 is 5.97 Å². The Morgan fingerprint density at radius 1 is 1.14 bits per heavy atom. The smallest absolute Gasteiger partial charge is 0.313 e. The molecule has 0 heterocycles. The summed E-state index contributed by atoms with van der Waals surface area (Å²) < 4.78 is 0. The maximum atomic E-state index is 9.84. The number of rotatable bonds is 4. The van der Waals surface area contributed by atoms with E-state index in [2.05, 4.69) is 0 Å². The highest BCUT2D eigenvalue weighted by Crippen LogP contribution is 2.06. The molecule has 1 aromatic carbocycles. The molecule has 0 fully saturated rings. The highest BCUT2D eigenvalue weighted by molar-refractivity contribution is 8.15. The van der Waals surface area contributed by atoms with Crippen LogP contribution in [0.3, 0.4) is 0 Å². The summed E-state index contributed by atoms with van der Waals surface area (Å²) in [4.78, 5) is 9.84. The van der Waals surface area contributed by atoms with Gasteiger partial charge < -0.3 is 5.11 Å². The third kappa shape index (κ3) is 11.4. The molecule has 0 aliphatic rings. The van der Waals surface area contributed by atoms with Gasteiger partial charge in [-0.25, -0.2) is 0 Å². The van der Waals surface area contributed by atoms with E-state index in [4.69, 9.17) is 5.11 Å². The highest BCUT2D eigenvalue weighted by Gasteiger charge is 1.93. The van der Waals surface area contributed by atoms with Crippen LogP contribution in [0.15, 0.2) is 36.4 Å². The maximum Gasteiger partial charge on any atom is 0.313 e. The van der Waals surface area contributed by atoms with E-state index >= 15 is 0 Å². The summed E-state index contributed by atoms with van der Waals surface area (Å²) in [6.45, 7) is 0. The third-order valence-corrected chi connectivity index (χ3v) is 3.15. The lowest BCUT2D eigenvalue weighted by Gasteiger charge is -1.90. The lowest BCUT2D eigenvalue weighted by molar-refractivity contribution is -0.133. The van der Waals surface area contributed by atoms with Crippen LogP contribution in [-0.4, -0.2) is 28.2 Å². The normalized spacial score (nSPS) is 8.64. The van der Waals surface area contributed by atoms with Crippen LogP contribution < -0.4 is 0 Å². The maximum absolute atomic E-state index is 9.84. The van der Waals surface area contributed by atoms with E-state index in [1.54, 1.807) is 11.8 Å². The largest absolute Gasteiger partial charge is 0.481 e. The summed E-state index contributed by atoms with van der Waals surface area (Å²) in [5.74, 6) is -0.509. The molecule has 0 aliphatic heterocycles. The van der Waals surface area contributed by atoms with Crippen molar-refractivity contribution in [2.24, 2.45) is 0 Å². The molecule has 0 amide bonds. The van der Waals surface area contributed by atoms with E-state index in [1.807, 2.05) is 42.7 Å². The minimum Gasteiger partial charge on any atom is -0.481 e. The molecule has 0 unspecified atom stereocenters. The van der Waals surface area contributed by atoms with Gasteiger partial charge in [0, 0.05) is 5.08 Å². The molecule has 0 saturated carbocycles. The van der Waals surface area contributed by atoms with Gasteiger partial charge in [0.15, 0.2) is 0 Å². The van der Waals surface area contributed by atoms with Gasteiger partial charge in [0.2, 0.25) is 0 Å². The van der Waals surface area contributed by atoms with Crippen molar-refractivity contribution >= 4 is 29.5 Å². The third-order valence-electron chi connectivity index (χ3n) is 1.09. The number of hydrogen-bond acceptors (Lipinski definition) is 3. The molecule has 0 aromatic heterocycles. The van der Waals surface area contributed by atoms with Crippen LogP contribution in [0, 0.1) is 0 Å². The van der Waals surface area contributed by atoms with Crippen molar-refractivity contribution in [3.63, 3.8) is 0 Å². The van der Waals surface area contributed by atoms with Gasteiger partial charge in [-0.05, 0) is 6.26 Å². The molecular formula is C10H14O2S2. The van der Waals surface area contributed by atoms with Crippen molar-refractivity contribution < 1.29 is 9.90 Å². The molecule has 1 aromatic rings. The molecular weight excluding hydrogens is 216 g/mol. The van der Waals surface area contributed by atoms with Gasteiger partial charge in [-0.3, -0.25) is 4.79 Å². The van der Waals surface area contributed by atoms with Crippen LogP contribution in [0.5, 0.6) is 0 Å². The molecule has 4 heteroatoms. The fourth-order valence-corrected chi connectivity index (χ4v) is 1.77. The zero-order valence-electron chi connectivity index (χ0n) is 8.05. The average Bonchev–Trinajstić information content (AvgIpc) is 2.21. The predicted octanol–water partition coefficient (Wildman–Crippen LogP) is 2.81. The second-order valence-electron chi connectivity index (χ2n) is 2.30. The summed E-state index contributed by atoms with van der Waals surface area (Å²) in [5.41, 5.74) is 0. The Labute approximate surface area is 93.1 Å². The fraction of sp³-hybridized carbons (Fsp3) is 0.300. The molecule has 0 bridgehead atoms. The monoisotopic (exact) mass is 230 g/mol. The molecule has 78 valence electrons. The van der Waals surface area contributed by atoms with Crippen molar-refractivity contribution in [3.8, 4) is 0 Å². The molecule has 0 saturated heterocycles. The van der Waals surface area contributed by atoms with Crippen molar-refractivity contribution in [1.29, 1.82) is 0 Å².